The number of carbonyl (C=O) groups is 1. The zero-order valence-electron chi connectivity index (χ0n) is 9.45. The number of nitrogen functional groups attached to an aromatic ring is 1. The third-order valence-electron chi connectivity index (χ3n) is 2.47. The van der Waals surface area contributed by atoms with Crippen LogP contribution in [0.5, 0.6) is 0 Å². The molecule has 1 aromatic carbocycles. The van der Waals surface area contributed by atoms with Crippen molar-refractivity contribution in [1.82, 2.24) is 9.97 Å². The highest BCUT2D eigenvalue weighted by Crippen LogP contribution is 2.22. The van der Waals surface area contributed by atoms with Crippen molar-refractivity contribution < 1.29 is 4.79 Å². The predicted molar refractivity (Wildman–Crippen MR) is 64.4 cm³/mol. The van der Waals surface area contributed by atoms with E-state index in [1.165, 1.54) is 0 Å². The molecule has 0 bridgehead atoms. The fraction of sp³-hybridized carbons (Fsp3) is 0.333. The van der Waals surface area contributed by atoms with E-state index in [0.717, 1.165) is 29.3 Å². The van der Waals surface area contributed by atoms with Crippen molar-refractivity contribution in [2.75, 3.05) is 5.73 Å². The topological polar surface area (TPSA) is 71.8 Å². The van der Waals surface area contributed by atoms with Crippen molar-refractivity contribution in [2.24, 2.45) is 5.92 Å². The Morgan fingerprint density at radius 1 is 1.50 bits per heavy atom. The van der Waals surface area contributed by atoms with E-state index < -0.39 is 0 Å². The van der Waals surface area contributed by atoms with Crippen LogP contribution in [0.2, 0.25) is 0 Å². The molecule has 1 heterocycles. The number of carbonyl (C=O) groups excluding carboxylic acids is 1. The van der Waals surface area contributed by atoms with Crippen molar-refractivity contribution in [1.29, 1.82) is 0 Å². The van der Waals surface area contributed by atoms with Gasteiger partial charge < -0.3 is 10.7 Å². The second-order valence-corrected chi connectivity index (χ2v) is 4.41. The van der Waals surface area contributed by atoms with Crippen LogP contribution in [-0.4, -0.2) is 16.3 Å². The van der Waals surface area contributed by atoms with E-state index in [0.29, 0.717) is 17.4 Å². The molecule has 84 valence electrons. The van der Waals surface area contributed by atoms with Crippen LogP contribution in [-0.2, 0) is 6.42 Å². The van der Waals surface area contributed by atoms with Crippen LogP contribution in [0.4, 0.5) is 5.95 Å². The minimum Gasteiger partial charge on any atom is -0.369 e. The molecule has 3 N–H and O–H groups in total. The second kappa shape index (κ2) is 3.96. The number of aromatic nitrogens is 2. The molecule has 2 aromatic rings. The molecule has 4 heteroatoms. The van der Waals surface area contributed by atoms with E-state index >= 15 is 0 Å². The number of rotatable bonds is 3. The minimum atomic E-state index is 0.392. The summed E-state index contributed by atoms with van der Waals surface area (Å²) in [5.74, 6) is 0.908. The molecule has 4 nitrogen and oxygen atoms in total. The third kappa shape index (κ3) is 1.91. The molecule has 0 radical (unpaired) electrons. The molecule has 0 fully saturated rings. The lowest BCUT2D eigenvalue weighted by Gasteiger charge is -2.06. The van der Waals surface area contributed by atoms with Gasteiger partial charge in [-0.25, -0.2) is 4.98 Å². The van der Waals surface area contributed by atoms with E-state index in [2.05, 4.69) is 23.8 Å². The molecule has 0 aliphatic heterocycles. The Balaban J connectivity index is 2.62. The smallest absolute Gasteiger partial charge is 0.198 e. The highest BCUT2D eigenvalue weighted by molar-refractivity contribution is 5.88. The summed E-state index contributed by atoms with van der Waals surface area (Å²) in [6, 6.07) is 3.66. The average Bonchev–Trinajstić information content (AvgIpc) is 2.57. The number of nitrogens with two attached hydrogens (primary N) is 1. The number of imidazole rings is 1. The van der Waals surface area contributed by atoms with E-state index in [9.17, 15) is 4.79 Å². The van der Waals surface area contributed by atoms with Gasteiger partial charge in [-0.3, -0.25) is 4.79 Å². The number of hydrogen-bond donors (Lipinski definition) is 2. The normalized spacial score (nSPS) is 11.2. The van der Waals surface area contributed by atoms with Crippen LogP contribution in [0.1, 0.15) is 29.8 Å². The Morgan fingerprint density at radius 3 is 2.88 bits per heavy atom. The number of nitrogens with zero attached hydrogens (tertiary/aromatic N) is 1. The summed E-state index contributed by atoms with van der Waals surface area (Å²) in [5, 5.41) is 0. The van der Waals surface area contributed by atoms with Crippen molar-refractivity contribution in [3.8, 4) is 0 Å². The molecule has 0 spiro atoms. The van der Waals surface area contributed by atoms with Crippen molar-refractivity contribution in [3.05, 3.63) is 23.3 Å². The minimum absolute atomic E-state index is 0.392. The SMILES string of the molecule is CC(C)Cc1cc(C=O)cc2[nH]c(N)nc12. The summed E-state index contributed by atoms with van der Waals surface area (Å²) in [6.45, 7) is 4.27. The fourth-order valence-corrected chi connectivity index (χ4v) is 1.90. The molecule has 0 aliphatic rings. The second-order valence-electron chi connectivity index (χ2n) is 4.41. The number of hydrogen-bond acceptors (Lipinski definition) is 3. The molecule has 0 unspecified atom stereocenters. The van der Waals surface area contributed by atoms with Crippen LogP contribution < -0.4 is 5.73 Å². The Morgan fingerprint density at radius 2 is 2.25 bits per heavy atom. The Labute approximate surface area is 93.9 Å². The van der Waals surface area contributed by atoms with Gasteiger partial charge in [0.1, 0.15) is 6.29 Å². The number of aldehydes is 1. The monoisotopic (exact) mass is 217 g/mol. The lowest BCUT2D eigenvalue weighted by Crippen LogP contribution is -1.97. The number of fused-ring (bicyclic) bond motifs is 1. The van der Waals surface area contributed by atoms with Gasteiger partial charge >= 0.3 is 0 Å². The highest BCUT2D eigenvalue weighted by Gasteiger charge is 2.09. The van der Waals surface area contributed by atoms with E-state index in [-0.39, 0.29) is 0 Å². The van der Waals surface area contributed by atoms with Crippen LogP contribution in [0.25, 0.3) is 11.0 Å². The Kier molecular flexibility index (Phi) is 2.64. The van der Waals surface area contributed by atoms with Crippen LogP contribution in [0.3, 0.4) is 0 Å². The first-order valence-electron chi connectivity index (χ1n) is 5.33. The molecular weight excluding hydrogens is 202 g/mol. The van der Waals surface area contributed by atoms with Crippen LogP contribution in [0.15, 0.2) is 12.1 Å². The van der Waals surface area contributed by atoms with E-state index in [4.69, 9.17) is 5.73 Å². The molecule has 0 saturated heterocycles. The molecule has 0 amide bonds. The molecule has 1 aromatic heterocycles. The van der Waals surface area contributed by atoms with Gasteiger partial charge in [-0.1, -0.05) is 13.8 Å². The van der Waals surface area contributed by atoms with E-state index in [1.54, 1.807) is 6.07 Å². The molecule has 2 rings (SSSR count). The fourth-order valence-electron chi connectivity index (χ4n) is 1.90. The number of benzene rings is 1. The summed E-state index contributed by atoms with van der Waals surface area (Å²) in [6.07, 6.45) is 1.74. The first-order chi connectivity index (χ1) is 7.60. The largest absolute Gasteiger partial charge is 0.369 e. The highest BCUT2D eigenvalue weighted by atomic mass is 16.1. The quantitative estimate of drug-likeness (QED) is 0.774. The van der Waals surface area contributed by atoms with Gasteiger partial charge in [-0.15, -0.1) is 0 Å². The zero-order valence-corrected chi connectivity index (χ0v) is 9.45. The van der Waals surface area contributed by atoms with Gasteiger partial charge in [0.2, 0.25) is 0 Å². The summed E-state index contributed by atoms with van der Waals surface area (Å²) in [4.78, 5) is 18.0. The summed E-state index contributed by atoms with van der Waals surface area (Å²) in [7, 11) is 0. The van der Waals surface area contributed by atoms with Gasteiger partial charge in [0.15, 0.2) is 5.95 Å². The number of nitrogens with one attached hydrogen (secondary N) is 1. The maximum absolute atomic E-state index is 10.8. The number of H-pyrrole nitrogens is 1. The van der Waals surface area contributed by atoms with Crippen molar-refractivity contribution >= 4 is 23.3 Å². The first kappa shape index (κ1) is 10.7. The standard InChI is InChI=1S/C12H15N3O/c1-7(2)3-9-4-8(6-16)5-10-11(9)15-12(13)14-10/h4-7H,3H2,1-2H3,(H3,13,14,15). The van der Waals surface area contributed by atoms with E-state index in [1.807, 2.05) is 6.07 Å². The van der Waals surface area contributed by atoms with Gasteiger partial charge in [0.25, 0.3) is 0 Å². The van der Waals surface area contributed by atoms with Gasteiger partial charge in [0, 0.05) is 5.56 Å². The maximum Gasteiger partial charge on any atom is 0.198 e. The number of anilines is 1. The predicted octanol–water partition coefficient (Wildman–Crippen LogP) is 2.16. The van der Waals surface area contributed by atoms with Crippen molar-refractivity contribution in [2.45, 2.75) is 20.3 Å². The van der Waals surface area contributed by atoms with Crippen molar-refractivity contribution in [3.63, 3.8) is 0 Å². The Bertz CT molecular complexity index is 528. The zero-order chi connectivity index (χ0) is 11.7. The first-order valence-corrected chi connectivity index (χ1v) is 5.33. The maximum atomic E-state index is 10.8. The molecule has 0 atom stereocenters. The molecule has 16 heavy (non-hydrogen) atoms. The Hall–Kier alpha value is -1.84. The lowest BCUT2D eigenvalue weighted by atomic mass is 10.00. The molecule has 0 saturated carbocycles. The molecule has 0 aliphatic carbocycles. The van der Waals surface area contributed by atoms with Crippen LogP contribution in [0, 0.1) is 5.92 Å². The lowest BCUT2D eigenvalue weighted by molar-refractivity contribution is 0.112. The van der Waals surface area contributed by atoms with Gasteiger partial charge in [-0.2, -0.15) is 0 Å². The van der Waals surface area contributed by atoms with Gasteiger partial charge in [0.05, 0.1) is 11.0 Å². The van der Waals surface area contributed by atoms with Crippen LogP contribution >= 0.6 is 0 Å². The van der Waals surface area contributed by atoms with Gasteiger partial charge in [-0.05, 0) is 30.0 Å². The number of aromatic amines is 1. The summed E-state index contributed by atoms with van der Waals surface area (Å²) < 4.78 is 0. The summed E-state index contributed by atoms with van der Waals surface area (Å²) in [5.41, 5.74) is 9.06. The third-order valence-corrected chi connectivity index (χ3v) is 2.47. The summed E-state index contributed by atoms with van der Waals surface area (Å²) >= 11 is 0. The molecular formula is C12H15N3O. The average molecular weight is 217 g/mol.